The van der Waals surface area contributed by atoms with Crippen molar-refractivity contribution in [2.75, 3.05) is 14.2 Å². The maximum absolute atomic E-state index is 11.3. The lowest BCUT2D eigenvalue weighted by Gasteiger charge is -2.07. The molecule has 1 aromatic carbocycles. The van der Waals surface area contributed by atoms with Crippen LogP contribution in [0.15, 0.2) is 36.4 Å². The summed E-state index contributed by atoms with van der Waals surface area (Å²) in [6.45, 7) is 1.39. The number of hydrogen-bond donors (Lipinski definition) is 0. The Kier molecular flexibility index (Phi) is 6.23. The van der Waals surface area contributed by atoms with E-state index in [4.69, 9.17) is 9.47 Å². The minimum atomic E-state index is -0.200. The van der Waals surface area contributed by atoms with Gasteiger partial charge in [-0.1, -0.05) is 24.3 Å². The van der Waals surface area contributed by atoms with E-state index in [2.05, 4.69) is 0 Å². The first-order valence-electron chi connectivity index (χ1n) is 6.16. The predicted octanol–water partition coefficient (Wildman–Crippen LogP) is 2.82. The highest BCUT2D eigenvalue weighted by molar-refractivity contribution is 6.03. The molecule has 0 fully saturated rings. The summed E-state index contributed by atoms with van der Waals surface area (Å²) < 4.78 is 10.3. The van der Waals surface area contributed by atoms with E-state index in [1.165, 1.54) is 13.0 Å². The van der Waals surface area contributed by atoms with Crippen LogP contribution >= 0.6 is 0 Å². The fourth-order valence-electron chi connectivity index (χ4n) is 1.59. The van der Waals surface area contributed by atoms with E-state index in [0.717, 1.165) is 5.56 Å². The molecule has 0 unspecified atom stereocenters. The quantitative estimate of drug-likeness (QED) is 0.436. The molecule has 0 spiro atoms. The summed E-state index contributed by atoms with van der Waals surface area (Å²) in [4.78, 5) is 22.0. The van der Waals surface area contributed by atoms with Crippen molar-refractivity contribution >= 4 is 17.6 Å². The number of allylic oxidation sites excluding steroid dienone is 3. The van der Waals surface area contributed by atoms with Crippen LogP contribution in [-0.4, -0.2) is 25.8 Å². The van der Waals surface area contributed by atoms with E-state index in [0.29, 0.717) is 11.5 Å². The fraction of sp³-hybridized carbons (Fsp3) is 0.250. The third-order valence-corrected chi connectivity index (χ3v) is 2.51. The average Bonchev–Trinajstić information content (AvgIpc) is 2.42. The van der Waals surface area contributed by atoms with E-state index < -0.39 is 0 Å². The first kappa shape index (κ1) is 15.7. The maximum atomic E-state index is 11.3. The zero-order valence-corrected chi connectivity index (χ0v) is 11.9. The van der Waals surface area contributed by atoms with Crippen LogP contribution in [0.1, 0.15) is 18.9 Å². The molecule has 1 aromatic rings. The molecule has 0 saturated carbocycles. The van der Waals surface area contributed by atoms with Gasteiger partial charge in [-0.15, -0.1) is 0 Å². The first-order valence-corrected chi connectivity index (χ1v) is 6.16. The second kappa shape index (κ2) is 7.94. The smallest absolute Gasteiger partial charge is 0.163 e. The Morgan fingerprint density at radius 2 is 1.80 bits per heavy atom. The molecule has 0 aromatic heterocycles. The van der Waals surface area contributed by atoms with Crippen molar-refractivity contribution in [3.05, 3.63) is 42.0 Å². The lowest BCUT2D eigenvalue weighted by Crippen LogP contribution is -1.99. The summed E-state index contributed by atoms with van der Waals surface area (Å²) in [5.74, 6) is 0.973. The number of carbonyl (C=O) groups is 2. The van der Waals surface area contributed by atoms with Gasteiger partial charge in [-0.2, -0.15) is 0 Å². The van der Waals surface area contributed by atoms with Crippen LogP contribution in [0, 0.1) is 0 Å². The van der Waals surface area contributed by atoms with Crippen LogP contribution in [0.3, 0.4) is 0 Å². The Bertz CT molecular complexity index is 541. The van der Waals surface area contributed by atoms with Crippen molar-refractivity contribution in [1.82, 2.24) is 0 Å². The highest BCUT2D eigenvalue weighted by Gasteiger charge is 2.02. The third-order valence-electron chi connectivity index (χ3n) is 2.51. The SMILES string of the molecule is COc1ccc(/C=C/C=C/C(=O)CC(C)=O)cc1OC. The van der Waals surface area contributed by atoms with Crippen LogP contribution in [0.2, 0.25) is 0 Å². The van der Waals surface area contributed by atoms with Gasteiger partial charge in [-0.05, 0) is 30.7 Å². The van der Waals surface area contributed by atoms with Gasteiger partial charge < -0.3 is 9.47 Å². The van der Waals surface area contributed by atoms with Gasteiger partial charge >= 0.3 is 0 Å². The Balaban J connectivity index is 2.69. The van der Waals surface area contributed by atoms with Crippen molar-refractivity contribution in [3.63, 3.8) is 0 Å². The third kappa shape index (κ3) is 5.10. The predicted molar refractivity (Wildman–Crippen MR) is 78.0 cm³/mol. The molecule has 4 heteroatoms. The van der Waals surface area contributed by atoms with Crippen molar-refractivity contribution in [3.8, 4) is 11.5 Å². The van der Waals surface area contributed by atoms with Gasteiger partial charge in [0.1, 0.15) is 5.78 Å². The number of ether oxygens (including phenoxy) is 2. The lowest BCUT2D eigenvalue weighted by molar-refractivity contribution is -0.123. The molecule has 4 nitrogen and oxygen atoms in total. The highest BCUT2D eigenvalue weighted by atomic mass is 16.5. The summed E-state index contributed by atoms with van der Waals surface area (Å²) in [5.41, 5.74) is 0.923. The minimum absolute atomic E-state index is 0.0549. The van der Waals surface area contributed by atoms with Gasteiger partial charge in [0.2, 0.25) is 0 Å². The summed E-state index contributed by atoms with van der Waals surface area (Å²) in [5, 5.41) is 0. The Morgan fingerprint density at radius 3 is 2.40 bits per heavy atom. The summed E-state index contributed by atoms with van der Waals surface area (Å²) in [7, 11) is 3.16. The number of ketones is 2. The van der Waals surface area contributed by atoms with E-state index in [1.807, 2.05) is 24.3 Å². The number of methoxy groups -OCH3 is 2. The lowest BCUT2D eigenvalue weighted by atomic mass is 10.1. The summed E-state index contributed by atoms with van der Waals surface area (Å²) in [6, 6.07) is 5.52. The van der Waals surface area contributed by atoms with E-state index >= 15 is 0 Å². The number of benzene rings is 1. The monoisotopic (exact) mass is 274 g/mol. The molecule has 0 aliphatic heterocycles. The molecule has 106 valence electrons. The van der Waals surface area contributed by atoms with Crippen LogP contribution in [-0.2, 0) is 9.59 Å². The van der Waals surface area contributed by atoms with Crippen LogP contribution in [0.5, 0.6) is 11.5 Å². The Morgan fingerprint density at radius 1 is 1.10 bits per heavy atom. The second-order valence-electron chi connectivity index (χ2n) is 4.18. The van der Waals surface area contributed by atoms with Crippen molar-refractivity contribution < 1.29 is 19.1 Å². The van der Waals surface area contributed by atoms with Crippen LogP contribution in [0.25, 0.3) is 6.08 Å². The van der Waals surface area contributed by atoms with Gasteiger partial charge in [0.25, 0.3) is 0 Å². The highest BCUT2D eigenvalue weighted by Crippen LogP contribution is 2.27. The van der Waals surface area contributed by atoms with E-state index in [1.54, 1.807) is 26.4 Å². The standard InChI is InChI=1S/C16H18O4/c1-12(17)10-14(18)7-5-4-6-13-8-9-15(19-2)16(11-13)20-3/h4-9,11H,10H2,1-3H3/b6-4+,7-5+. The summed E-state index contributed by atoms with van der Waals surface area (Å²) in [6.07, 6.45) is 6.51. The van der Waals surface area contributed by atoms with Gasteiger partial charge in [0, 0.05) is 0 Å². The molecule has 0 atom stereocenters. The van der Waals surface area contributed by atoms with Gasteiger partial charge in [0.15, 0.2) is 17.3 Å². The zero-order valence-electron chi connectivity index (χ0n) is 11.9. The normalized spacial score (nSPS) is 10.9. The molecule has 0 radical (unpaired) electrons. The number of Topliss-reactive ketones (excluding diaryl/α,β-unsaturated/α-hetero) is 1. The molecule has 0 saturated heterocycles. The molecule has 0 aliphatic carbocycles. The van der Waals surface area contributed by atoms with E-state index in [9.17, 15) is 9.59 Å². The molecule has 0 aliphatic rings. The zero-order chi connectivity index (χ0) is 15.0. The fourth-order valence-corrected chi connectivity index (χ4v) is 1.59. The van der Waals surface area contributed by atoms with Gasteiger partial charge in [-0.25, -0.2) is 0 Å². The number of rotatable bonds is 7. The maximum Gasteiger partial charge on any atom is 0.163 e. The second-order valence-corrected chi connectivity index (χ2v) is 4.18. The molecule has 0 bridgehead atoms. The molecule has 0 amide bonds. The molecular formula is C16H18O4. The number of hydrogen-bond acceptors (Lipinski definition) is 4. The summed E-state index contributed by atoms with van der Waals surface area (Å²) >= 11 is 0. The molecular weight excluding hydrogens is 256 g/mol. The largest absolute Gasteiger partial charge is 0.493 e. The average molecular weight is 274 g/mol. The van der Waals surface area contributed by atoms with E-state index in [-0.39, 0.29) is 18.0 Å². The van der Waals surface area contributed by atoms with Crippen molar-refractivity contribution in [2.45, 2.75) is 13.3 Å². The van der Waals surface area contributed by atoms with Crippen LogP contribution in [0.4, 0.5) is 0 Å². The van der Waals surface area contributed by atoms with Crippen LogP contribution < -0.4 is 9.47 Å². The Labute approximate surface area is 118 Å². The Hall–Kier alpha value is -2.36. The first-order chi connectivity index (χ1) is 9.56. The molecule has 0 N–H and O–H groups in total. The molecule has 0 heterocycles. The minimum Gasteiger partial charge on any atom is -0.493 e. The van der Waals surface area contributed by atoms with Gasteiger partial charge in [0.05, 0.1) is 20.6 Å². The number of carbonyl (C=O) groups excluding carboxylic acids is 2. The van der Waals surface area contributed by atoms with Gasteiger partial charge in [-0.3, -0.25) is 9.59 Å². The van der Waals surface area contributed by atoms with Crippen molar-refractivity contribution in [1.29, 1.82) is 0 Å². The molecule has 1 rings (SSSR count). The topological polar surface area (TPSA) is 52.6 Å². The molecule has 20 heavy (non-hydrogen) atoms. The van der Waals surface area contributed by atoms with Crippen molar-refractivity contribution in [2.24, 2.45) is 0 Å².